The lowest BCUT2D eigenvalue weighted by Gasteiger charge is -2.20. The van der Waals surface area contributed by atoms with Gasteiger partial charge in [0.25, 0.3) is 0 Å². The Kier molecular flexibility index (Phi) is 7.17. The molecule has 0 radical (unpaired) electrons. The number of carbonyl (C=O) groups excluding carboxylic acids is 2. The van der Waals surface area contributed by atoms with E-state index in [9.17, 15) is 22.4 Å². The van der Waals surface area contributed by atoms with E-state index in [1.807, 2.05) is 0 Å². The number of sulfonamides is 1. The third-order valence-corrected chi connectivity index (χ3v) is 7.17. The number of amides is 3. The van der Waals surface area contributed by atoms with Crippen molar-refractivity contribution in [2.75, 3.05) is 36.8 Å². The highest BCUT2D eigenvalue weighted by atomic mass is 32.2. The lowest BCUT2D eigenvalue weighted by atomic mass is 10.2. The second kappa shape index (κ2) is 9.63. The number of hydrogen-bond acceptors (Lipinski definition) is 5. The smallest absolute Gasteiger partial charge is 0.324 e. The number of anilines is 1. The molecule has 1 N–H and O–H groups in total. The first-order chi connectivity index (χ1) is 14.3. The summed E-state index contributed by atoms with van der Waals surface area (Å²) in [5.74, 6) is -0.280. The third kappa shape index (κ3) is 6.07. The molecule has 1 aromatic carbocycles. The van der Waals surface area contributed by atoms with Crippen LogP contribution in [0.2, 0.25) is 0 Å². The van der Waals surface area contributed by atoms with Crippen LogP contribution in [-0.4, -0.2) is 57.8 Å². The number of ether oxygens (including phenoxy) is 1. The number of carbonyl (C=O) groups is 2. The average molecular weight is 442 g/mol. The molecule has 1 saturated heterocycles. The van der Waals surface area contributed by atoms with Crippen molar-refractivity contribution in [3.63, 3.8) is 0 Å². The Labute approximate surface area is 176 Å². The van der Waals surface area contributed by atoms with Gasteiger partial charge >= 0.3 is 6.03 Å². The first-order valence-corrected chi connectivity index (χ1v) is 11.8. The highest BCUT2D eigenvalue weighted by Crippen LogP contribution is 2.31. The van der Waals surface area contributed by atoms with Crippen molar-refractivity contribution >= 4 is 27.6 Å². The van der Waals surface area contributed by atoms with Gasteiger partial charge in [-0.2, -0.15) is 0 Å². The number of benzene rings is 1. The van der Waals surface area contributed by atoms with Gasteiger partial charge in [0.2, 0.25) is 15.9 Å². The van der Waals surface area contributed by atoms with E-state index in [4.69, 9.17) is 4.74 Å². The van der Waals surface area contributed by atoms with E-state index >= 15 is 0 Å². The minimum Gasteiger partial charge on any atom is -0.490 e. The van der Waals surface area contributed by atoms with Crippen LogP contribution in [0.3, 0.4) is 0 Å². The van der Waals surface area contributed by atoms with Crippen LogP contribution < -0.4 is 14.4 Å². The number of unbranched alkanes of at least 4 members (excludes halogenated alkanes) is 3. The molecule has 1 aromatic rings. The number of nitrogens with zero attached hydrogens (tertiary/aromatic N) is 2. The van der Waals surface area contributed by atoms with Gasteiger partial charge in [-0.3, -0.25) is 14.4 Å². The van der Waals surface area contributed by atoms with E-state index in [1.165, 1.54) is 30.1 Å². The van der Waals surface area contributed by atoms with Crippen molar-refractivity contribution in [1.82, 2.24) is 10.2 Å². The van der Waals surface area contributed by atoms with Crippen LogP contribution in [0.15, 0.2) is 18.2 Å². The van der Waals surface area contributed by atoms with Crippen molar-refractivity contribution in [3.05, 3.63) is 24.0 Å². The third-order valence-electron chi connectivity index (χ3n) is 5.32. The Morgan fingerprint density at radius 1 is 1.20 bits per heavy atom. The maximum atomic E-state index is 13.9. The maximum Gasteiger partial charge on any atom is 0.324 e. The van der Waals surface area contributed by atoms with Crippen LogP contribution in [-0.2, 0) is 14.8 Å². The second-order valence-electron chi connectivity index (χ2n) is 7.84. The maximum absolute atomic E-state index is 13.9. The Bertz CT molecular complexity index is 888. The molecule has 30 heavy (non-hydrogen) atoms. The summed E-state index contributed by atoms with van der Waals surface area (Å²) < 4.78 is 45.8. The van der Waals surface area contributed by atoms with E-state index in [0.29, 0.717) is 44.0 Å². The van der Waals surface area contributed by atoms with Gasteiger partial charge in [-0.25, -0.2) is 17.6 Å². The SMILES string of the molecule is CN(c1ccc(F)c(OCC2CC2)c1)S(=O)(=O)CCCCCCN1CC(=O)NC1=O. The Balaban J connectivity index is 1.42. The first kappa shape index (κ1) is 22.3. The van der Waals surface area contributed by atoms with Gasteiger partial charge in [-0.05, 0) is 43.7 Å². The van der Waals surface area contributed by atoms with E-state index in [0.717, 1.165) is 23.6 Å². The molecule has 0 bridgehead atoms. The Morgan fingerprint density at radius 2 is 1.93 bits per heavy atom. The van der Waals surface area contributed by atoms with Crippen LogP contribution in [0.1, 0.15) is 38.5 Å². The van der Waals surface area contributed by atoms with Gasteiger partial charge in [-0.1, -0.05) is 12.8 Å². The fourth-order valence-corrected chi connectivity index (χ4v) is 4.47. The zero-order valence-electron chi connectivity index (χ0n) is 17.1. The minimum atomic E-state index is -3.54. The molecule has 8 nitrogen and oxygen atoms in total. The quantitative estimate of drug-likeness (QED) is 0.397. The summed E-state index contributed by atoms with van der Waals surface area (Å²) in [6.07, 6.45) is 4.79. The van der Waals surface area contributed by atoms with Crippen LogP contribution >= 0.6 is 0 Å². The van der Waals surface area contributed by atoms with Gasteiger partial charge in [0.05, 0.1) is 18.0 Å². The molecule has 0 atom stereocenters. The van der Waals surface area contributed by atoms with E-state index < -0.39 is 15.8 Å². The summed E-state index contributed by atoms with van der Waals surface area (Å²) in [4.78, 5) is 24.0. The summed E-state index contributed by atoms with van der Waals surface area (Å²) in [5.41, 5.74) is 0.368. The second-order valence-corrected chi connectivity index (χ2v) is 9.96. The highest BCUT2D eigenvalue weighted by molar-refractivity contribution is 7.92. The largest absolute Gasteiger partial charge is 0.490 e. The number of rotatable bonds is 12. The lowest BCUT2D eigenvalue weighted by Crippen LogP contribution is -2.29. The summed E-state index contributed by atoms with van der Waals surface area (Å²) in [5, 5.41) is 2.22. The van der Waals surface area contributed by atoms with Crippen molar-refractivity contribution in [1.29, 1.82) is 0 Å². The predicted molar refractivity (Wildman–Crippen MR) is 110 cm³/mol. The first-order valence-electron chi connectivity index (χ1n) is 10.2. The number of hydrogen-bond donors (Lipinski definition) is 1. The van der Waals surface area contributed by atoms with Crippen molar-refractivity contribution < 1.29 is 27.1 Å². The predicted octanol–water partition coefficient (Wildman–Crippen LogP) is 2.49. The molecule has 166 valence electrons. The zero-order chi connectivity index (χ0) is 21.7. The summed E-state index contributed by atoms with van der Waals surface area (Å²) >= 11 is 0. The molecule has 1 aliphatic carbocycles. The summed E-state index contributed by atoms with van der Waals surface area (Å²) in [6.45, 7) is 1.01. The highest BCUT2D eigenvalue weighted by Gasteiger charge is 2.26. The van der Waals surface area contributed by atoms with Crippen LogP contribution in [0.25, 0.3) is 0 Å². The van der Waals surface area contributed by atoms with Crippen LogP contribution in [0.4, 0.5) is 14.9 Å². The molecule has 2 fully saturated rings. The van der Waals surface area contributed by atoms with Gasteiger partial charge in [0.15, 0.2) is 11.6 Å². The fourth-order valence-electron chi connectivity index (χ4n) is 3.19. The molecule has 1 aliphatic heterocycles. The molecule has 0 aromatic heterocycles. The molecule has 3 amide bonds. The molecule has 10 heteroatoms. The van der Waals surface area contributed by atoms with Gasteiger partial charge in [-0.15, -0.1) is 0 Å². The molecule has 0 unspecified atom stereocenters. The summed E-state index contributed by atoms with van der Waals surface area (Å²) in [6, 6.07) is 3.71. The van der Waals surface area contributed by atoms with E-state index in [1.54, 1.807) is 0 Å². The normalized spacial score (nSPS) is 16.7. The topological polar surface area (TPSA) is 96.0 Å². The lowest BCUT2D eigenvalue weighted by molar-refractivity contribution is -0.118. The summed E-state index contributed by atoms with van der Waals surface area (Å²) in [7, 11) is -2.09. The Hall–Kier alpha value is -2.36. The van der Waals surface area contributed by atoms with Gasteiger partial charge in [0.1, 0.15) is 6.54 Å². The molecular formula is C20H28FN3O5S. The van der Waals surface area contributed by atoms with E-state index in [2.05, 4.69) is 5.32 Å². The molecule has 0 spiro atoms. The van der Waals surface area contributed by atoms with Crippen LogP contribution in [0.5, 0.6) is 5.75 Å². The van der Waals surface area contributed by atoms with Crippen LogP contribution in [0, 0.1) is 11.7 Å². The number of urea groups is 1. The Morgan fingerprint density at radius 3 is 2.60 bits per heavy atom. The number of imide groups is 1. The zero-order valence-corrected chi connectivity index (χ0v) is 17.9. The molecular weight excluding hydrogens is 413 g/mol. The molecule has 1 heterocycles. The van der Waals surface area contributed by atoms with Crippen molar-refractivity contribution in [2.45, 2.75) is 38.5 Å². The molecule has 1 saturated carbocycles. The van der Waals surface area contributed by atoms with Gasteiger partial charge < -0.3 is 9.64 Å². The van der Waals surface area contributed by atoms with E-state index in [-0.39, 0.29) is 30.0 Å². The van der Waals surface area contributed by atoms with Crippen molar-refractivity contribution in [3.8, 4) is 5.75 Å². The fraction of sp³-hybridized carbons (Fsp3) is 0.600. The molecule has 3 rings (SSSR count). The monoisotopic (exact) mass is 441 g/mol. The number of nitrogens with one attached hydrogen (secondary N) is 1. The molecule has 2 aliphatic rings. The van der Waals surface area contributed by atoms with Crippen molar-refractivity contribution in [2.24, 2.45) is 5.92 Å². The number of halogens is 1. The minimum absolute atomic E-state index is 0.0260. The average Bonchev–Trinajstić information content (AvgIpc) is 3.47. The standard InChI is InChI=1S/C20H28FN3O5S/c1-23(16-8-9-17(21)18(12-16)29-14-15-6-7-15)30(27,28)11-5-3-2-4-10-24-13-19(25)22-20(24)26/h8-9,12,15H,2-7,10-11,13-14H2,1H3,(H,22,25,26). The van der Waals surface area contributed by atoms with Gasteiger partial charge in [0, 0.05) is 19.7 Å².